The lowest BCUT2D eigenvalue weighted by Crippen LogP contribution is -2.30. The molecule has 128 valence electrons. The molecule has 3 N–H and O–H groups in total. The Balaban J connectivity index is 0.00000208. The molecule has 2 aromatic carbocycles. The first-order chi connectivity index (χ1) is 11.1. The van der Waals surface area contributed by atoms with Crippen molar-refractivity contribution in [1.29, 1.82) is 0 Å². The monoisotopic (exact) mass is 350 g/mol. The van der Waals surface area contributed by atoms with Gasteiger partial charge in [0.15, 0.2) is 0 Å². The zero-order valence-electron chi connectivity index (χ0n) is 13.1. The van der Waals surface area contributed by atoms with Crippen LogP contribution in [0, 0.1) is 5.82 Å². The van der Waals surface area contributed by atoms with Gasteiger partial charge in [-0.1, -0.05) is 24.3 Å². The summed E-state index contributed by atoms with van der Waals surface area (Å²) in [6.45, 7) is 0.555. The molecule has 0 radical (unpaired) electrons. The van der Waals surface area contributed by atoms with Gasteiger partial charge in [0, 0.05) is 12.0 Å². The van der Waals surface area contributed by atoms with E-state index >= 15 is 0 Å². The van der Waals surface area contributed by atoms with Gasteiger partial charge in [0.2, 0.25) is 5.91 Å². The van der Waals surface area contributed by atoms with Gasteiger partial charge in [0.25, 0.3) is 0 Å². The fourth-order valence-electron chi connectivity index (χ4n) is 2.63. The van der Waals surface area contributed by atoms with Crippen LogP contribution in [0.1, 0.15) is 23.5 Å². The molecule has 0 bridgehead atoms. The van der Waals surface area contributed by atoms with Gasteiger partial charge in [0.1, 0.15) is 18.2 Å². The van der Waals surface area contributed by atoms with Gasteiger partial charge in [-0.05, 0) is 41.8 Å². The quantitative estimate of drug-likeness (QED) is 0.807. The van der Waals surface area contributed by atoms with E-state index in [-0.39, 0.29) is 30.7 Å². The minimum atomic E-state index is -0.336. The Hall–Kier alpha value is -2.11. The summed E-state index contributed by atoms with van der Waals surface area (Å²) >= 11 is 0. The lowest BCUT2D eigenvalue weighted by Gasteiger charge is -2.08. The van der Waals surface area contributed by atoms with Crippen LogP contribution < -0.4 is 15.8 Å². The van der Waals surface area contributed by atoms with Crippen molar-refractivity contribution in [3.63, 3.8) is 0 Å². The largest absolute Gasteiger partial charge is 0.489 e. The molecule has 2 atom stereocenters. The van der Waals surface area contributed by atoms with Crippen LogP contribution in [0.5, 0.6) is 5.75 Å². The van der Waals surface area contributed by atoms with Crippen LogP contribution >= 0.6 is 12.4 Å². The van der Waals surface area contributed by atoms with Crippen LogP contribution in [0.25, 0.3) is 0 Å². The van der Waals surface area contributed by atoms with E-state index in [9.17, 15) is 9.18 Å². The van der Waals surface area contributed by atoms with Crippen molar-refractivity contribution < 1.29 is 13.9 Å². The average Bonchev–Trinajstić information content (AvgIpc) is 3.31. The SMILES string of the molecule is Cl.NC(=O)CNC1CC1c1ccc(OCc2cccc(F)c2)cc1. The molecule has 6 heteroatoms. The Morgan fingerprint density at radius 1 is 1.25 bits per heavy atom. The third kappa shape index (κ3) is 4.94. The van der Waals surface area contributed by atoms with Gasteiger partial charge in [-0.2, -0.15) is 0 Å². The number of halogens is 2. The van der Waals surface area contributed by atoms with Crippen molar-refractivity contribution in [2.75, 3.05) is 6.54 Å². The Kier molecular flexibility index (Phi) is 6.17. The van der Waals surface area contributed by atoms with E-state index in [2.05, 4.69) is 5.32 Å². The second-order valence-electron chi connectivity index (χ2n) is 5.78. The number of nitrogens with two attached hydrogens (primary N) is 1. The van der Waals surface area contributed by atoms with Gasteiger partial charge in [-0.15, -0.1) is 12.4 Å². The highest BCUT2D eigenvalue weighted by molar-refractivity contribution is 5.85. The zero-order chi connectivity index (χ0) is 16.2. The Morgan fingerprint density at radius 2 is 2.00 bits per heavy atom. The normalized spacial score (nSPS) is 18.5. The molecule has 1 fully saturated rings. The Labute approximate surface area is 146 Å². The molecule has 1 aliphatic carbocycles. The molecule has 2 aromatic rings. The molecular formula is C18H20ClFN2O2. The molecule has 3 rings (SSSR count). The molecule has 0 heterocycles. The first kappa shape index (κ1) is 18.2. The van der Waals surface area contributed by atoms with E-state index in [1.807, 2.05) is 30.3 Å². The molecule has 1 saturated carbocycles. The van der Waals surface area contributed by atoms with Crippen LogP contribution in [0.2, 0.25) is 0 Å². The lowest BCUT2D eigenvalue weighted by molar-refractivity contribution is -0.117. The molecule has 0 aliphatic heterocycles. The fraction of sp³-hybridized carbons (Fsp3) is 0.278. The predicted molar refractivity (Wildman–Crippen MR) is 92.8 cm³/mol. The number of nitrogens with one attached hydrogen (secondary N) is 1. The first-order valence-electron chi connectivity index (χ1n) is 7.61. The maximum absolute atomic E-state index is 13.1. The molecule has 4 nitrogen and oxygen atoms in total. The van der Waals surface area contributed by atoms with Crippen LogP contribution in [0.4, 0.5) is 4.39 Å². The maximum Gasteiger partial charge on any atom is 0.231 e. The second-order valence-corrected chi connectivity index (χ2v) is 5.78. The molecule has 2 unspecified atom stereocenters. The third-order valence-electron chi connectivity index (χ3n) is 3.93. The minimum Gasteiger partial charge on any atom is -0.489 e. The number of carbonyl (C=O) groups is 1. The van der Waals surface area contributed by atoms with E-state index < -0.39 is 0 Å². The lowest BCUT2D eigenvalue weighted by atomic mass is 10.1. The van der Waals surface area contributed by atoms with Gasteiger partial charge in [0.05, 0.1) is 6.54 Å². The number of amides is 1. The molecule has 0 aromatic heterocycles. The van der Waals surface area contributed by atoms with Gasteiger partial charge >= 0.3 is 0 Å². The van der Waals surface area contributed by atoms with Crippen molar-refractivity contribution in [3.05, 3.63) is 65.5 Å². The standard InChI is InChI=1S/C18H19FN2O2.ClH/c19-14-3-1-2-12(8-14)11-23-15-6-4-13(5-7-15)16-9-17(16)21-10-18(20)22;/h1-8,16-17,21H,9-11H2,(H2,20,22);1H. The first-order valence-corrected chi connectivity index (χ1v) is 7.61. The zero-order valence-corrected chi connectivity index (χ0v) is 13.9. The topological polar surface area (TPSA) is 64.4 Å². The maximum atomic E-state index is 13.1. The van der Waals surface area contributed by atoms with Crippen molar-refractivity contribution in [1.82, 2.24) is 5.32 Å². The van der Waals surface area contributed by atoms with Crippen molar-refractivity contribution in [2.24, 2.45) is 5.73 Å². The van der Waals surface area contributed by atoms with Gasteiger partial charge in [-0.25, -0.2) is 4.39 Å². The minimum absolute atomic E-state index is 0. The summed E-state index contributed by atoms with van der Waals surface area (Å²) in [5, 5.41) is 3.13. The summed E-state index contributed by atoms with van der Waals surface area (Å²) in [5.74, 6) is 0.577. The highest BCUT2D eigenvalue weighted by Crippen LogP contribution is 2.41. The van der Waals surface area contributed by atoms with Crippen molar-refractivity contribution in [3.8, 4) is 5.75 Å². The van der Waals surface area contributed by atoms with Gasteiger partial charge in [-0.3, -0.25) is 4.79 Å². The number of ether oxygens (including phenoxy) is 1. The number of primary amides is 1. The Bertz CT molecular complexity index is 694. The van der Waals surface area contributed by atoms with Crippen LogP contribution in [-0.2, 0) is 11.4 Å². The summed E-state index contributed by atoms with van der Waals surface area (Å²) in [6.07, 6.45) is 1.01. The second kappa shape index (κ2) is 8.13. The molecule has 1 amide bonds. The highest BCUT2D eigenvalue weighted by atomic mass is 35.5. The van der Waals surface area contributed by atoms with Crippen molar-refractivity contribution in [2.45, 2.75) is 25.0 Å². The fourth-order valence-corrected chi connectivity index (χ4v) is 2.63. The smallest absolute Gasteiger partial charge is 0.231 e. The predicted octanol–water partition coefficient (Wildman–Crippen LogP) is 2.76. The Morgan fingerprint density at radius 3 is 2.67 bits per heavy atom. The third-order valence-corrected chi connectivity index (χ3v) is 3.93. The van der Waals surface area contributed by atoms with Gasteiger partial charge < -0.3 is 15.8 Å². The summed E-state index contributed by atoms with van der Waals surface area (Å²) in [6, 6.07) is 14.6. The van der Waals surface area contributed by atoms with Crippen LogP contribution in [0.15, 0.2) is 48.5 Å². The molecule has 1 aliphatic rings. The average molecular weight is 351 g/mol. The number of carbonyl (C=O) groups excluding carboxylic acids is 1. The van der Waals surface area contributed by atoms with Crippen LogP contribution in [-0.4, -0.2) is 18.5 Å². The number of hydrogen-bond acceptors (Lipinski definition) is 3. The summed E-state index contributed by atoms with van der Waals surface area (Å²) in [7, 11) is 0. The summed E-state index contributed by atoms with van der Waals surface area (Å²) in [4.78, 5) is 10.7. The van der Waals surface area contributed by atoms with E-state index in [1.165, 1.54) is 17.7 Å². The van der Waals surface area contributed by atoms with E-state index in [0.717, 1.165) is 17.7 Å². The molecule has 24 heavy (non-hydrogen) atoms. The summed E-state index contributed by atoms with van der Waals surface area (Å²) < 4.78 is 18.8. The summed E-state index contributed by atoms with van der Waals surface area (Å²) in [5.41, 5.74) is 7.13. The van der Waals surface area contributed by atoms with E-state index in [1.54, 1.807) is 6.07 Å². The van der Waals surface area contributed by atoms with E-state index in [0.29, 0.717) is 18.6 Å². The highest BCUT2D eigenvalue weighted by Gasteiger charge is 2.37. The van der Waals surface area contributed by atoms with Crippen LogP contribution in [0.3, 0.4) is 0 Å². The molecular weight excluding hydrogens is 331 g/mol. The van der Waals surface area contributed by atoms with Crippen molar-refractivity contribution >= 4 is 18.3 Å². The molecule has 0 spiro atoms. The molecule has 0 saturated heterocycles. The number of benzene rings is 2. The number of rotatable bonds is 7. The van der Waals surface area contributed by atoms with E-state index in [4.69, 9.17) is 10.5 Å². The number of hydrogen-bond donors (Lipinski definition) is 2.